The summed E-state index contributed by atoms with van der Waals surface area (Å²) in [5.74, 6) is 0.279. The first-order valence-electron chi connectivity index (χ1n) is 11.7. The van der Waals surface area contributed by atoms with E-state index in [0.717, 1.165) is 26.2 Å². The van der Waals surface area contributed by atoms with E-state index in [1.807, 2.05) is 4.90 Å². The molecule has 1 N–H and O–H groups in total. The molecule has 2 aromatic carbocycles. The van der Waals surface area contributed by atoms with Crippen molar-refractivity contribution in [3.8, 4) is 11.6 Å². The molecule has 0 atom stereocenters. The largest absolute Gasteiger partial charge is 0.438 e. The summed E-state index contributed by atoms with van der Waals surface area (Å²) in [5, 5.41) is 14.8. The van der Waals surface area contributed by atoms with Crippen molar-refractivity contribution in [2.45, 2.75) is 6.73 Å². The number of anilines is 3. The van der Waals surface area contributed by atoms with Crippen LogP contribution in [-0.2, 0) is 11.5 Å². The van der Waals surface area contributed by atoms with Crippen LogP contribution >= 0.6 is 0 Å². The van der Waals surface area contributed by atoms with Gasteiger partial charge in [-0.25, -0.2) is 4.39 Å². The predicted octanol–water partition coefficient (Wildman–Crippen LogP) is 4.37. The van der Waals surface area contributed by atoms with Crippen molar-refractivity contribution in [1.29, 1.82) is 0 Å². The Morgan fingerprint density at radius 2 is 1.92 bits per heavy atom. The number of hydrogen-bond donors (Lipinski definition) is 1. The molecule has 0 unspecified atom stereocenters. The van der Waals surface area contributed by atoms with Crippen LogP contribution < -0.4 is 15.0 Å². The number of methoxy groups -OCH3 is 1. The number of halogens is 1. The average molecular weight is 508 g/mol. The second-order valence-corrected chi connectivity index (χ2v) is 8.73. The maximum atomic E-state index is 15.0. The molecule has 0 bridgehead atoms. The van der Waals surface area contributed by atoms with E-state index in [1.165, 1.54) is 24.3 Å². The first-order chi connectivity index (χ1) is 17.9. The second-order valence-electron chi connectivity index (χ2n) is 8.73. The summed E-state index contributed by atoms with van der Waals surface area (Å²) in [7, 11) is 3.62. The van der Waals surface area contributed by atoms with Crippen LogP contribution in [0.3, 0.4) is 0 Å². The van der Waals surface area contributed by atoms with Gasteiger partial charge in [0.15, 0.2) is 5.65 Å². The van der Waals surface area contributed by atoms with Crippen LogP contribution in [0.15, 0.2) is 54.7 Å². The summed E-state index contributed by atoms with van der Waals surface area (Å²) < 4.78 is 28.0. The molecule has 12 heteroatoms. The second kappa shape index (κ2) is 10.4. The highest BCUT2D eigenvalue weighted by molar-refractivity contribution is 5.83. The van der Waals surface area contributed by atoms with Crippen molar-refractivity contribution in [3.63, 3.8) is 0 Å². The zero-order chi connectivity index (χ0) is 25.9. The number of benzene rings is 2. The molecular formula is C25H26FN7O4. The number of nitrogens with zero attached hydrogens (tertiary/aromatic N) is 6. The lowest BCUT2D eigenvalue weighted by atomic mass is 10.2. The van der Waals surface area contributed by atoms with Gasteiger partial charge in [0, 0.05) is 51.2 Å². The Labute approximate surface area is 212 Å². The lowest BCUT2D eigenvalue weighted by Gasteiger charge is -2.34. The van der Waals surface area contributed by atoms with E-state index >= 15 is 4.39 Å². The Bertz CT molecular complexity index is 1440. The van der Waals surface area contributed by atoms with Crippen molar-refractivity contribution >= 4 is 34.0 Å². The number of non-ortho nitro benzene ring substituents is 1. The third-order valence-corrected chi connectivity index (χ3v) is 6.14. The number of nitro benzene ring substituents is 1. The molecule has 4 aromatic rings. The van der Waals surface area contributed by atoms with E-state index in [4.69, 9.17) is 9.47 Å². The van der Waals surface area contributed by atoms with Gasteiger partial charge in [0.05, 0.1) is 22.1 Å². The van der Waals surface area contributed by atoms with E-state index in [9.17, 15) is 10.1 Å². The fourth-order valence-electron chi connectivity index (χ4n) is 4.20. The lowest BCUT2D eigenvalue weighted by molar-refractivity contribution is -0.384. The molecule has 5 rings (SSSR count). The molecule has 0 aliphatic carbocycles. The summed E-state index contributed by atoms with van der Waals surface area (Å²) in [5.41, 5.74) is 1.45. The molecule has 1 aliphatic heterocycles. The highest BCUT2D eigenvalue weighted by Gasteiger charge is 2.19. The summed E-state index contributed by atoms with van der Waals surface area (Å²) in [6, 6.07) is 12.5. The van der Waals surface area contributed by atoms with Crippen LogP contribution in [0, 0.1) is 15.9 Å². The topological polar surface area (TPSA) is 111 Å². The minimum Gasteiger partial charge on any atom is -0.438 e. The number of aromatic nitrogens is 3. The van der Waals surface area contributed by atoms with Gasteiger partial charge in [-0.2, -0.15) is 9.97 Å². The SMILES string of the molecule is COCn1ccc2c(Oc3cccc([N+](=O)[O-])c3)nc(Nc3ccc(N4CCN(C)CC4)c(F)c3)nc21. The Morgan fingerprint density at radius 3 is 2.65 bits per heavy atom. The fraction of sp³-hybridized carbons (Fsp3) is 0.280. The van der Waals surface area contributed by atoms with E-state index in [-0.39, 0.29) is 35.8 Å². The molecule has 2 aromatic heterocycles. The molecule has 0 amide bonds. The normalized spacial score (nSPS) is 14.2. The van der Waals surface area contributed by atoms with Crippen LogP contribution in [0.4, 0.5) is 27.4 Å². The van der Waals surface area contributed by atoms with Crippen molar-refractivity contribution in [2.75, 3.05) is 50.6 Å². The highest BCUT2D eigenvalue weighted by Crippen LogP contribution is 2.32. The number of nitrogens with one attached hydrogen (secondary N) is 1. The monoisotopic (exact) mass is 507 g/mol. The Hall–Kier alpha value is -4.29. The molecule has 1 aliphatic rings. The van der Waals surface area contributed by atoms with E-state index in [0.29, 0.717) is 22.4 Å². The number of ether oxygens (including phenoxy) is 2. The molecule has 0 spiro atoms. The third-order valence-electron chi connectivity index (χ3n) is 6.14. The maximum Gasteiger partial charge on any atom is 0.273 e. The molecule has 3 heterocycles. The van der Waals surface area contributed by atoms with Crippen molar-refractivity contribution < 1.29 is 18.8 Å². The van der Waals surface area contributed by atoms with Gasteiger partial charge >= 0.3 is 0 Å². The molecule has 1 fully saturated rings. The Balaban J connectivity index is 1.46. The first-order valence-corrected chi connectivity index (χ1v) is 11.7. The predicted molar refractivity (Wildman–Crippen MR) is 137 cm³/mol. The third kappa shape index (κ3) is 5.29. The minimum atomic E-state index is -0.495. The van der Waals surface area contributed by atoms with Gasteiger partial charge in [-0.1, -0.05) is 6.07 Å². The maximum absolute atomic E-state index is 15.0. The standard InChI is InChI=1S/C25H26FN7O4/c1-30-10-12-31(13-11-30)22-7-6-17(14-21(22)26)27-25-28-23-20(8-9-32(23)16-36-2)24(29-25)37-19-5-3-4-18(15-19)33(34)35/h3-9,14-15H,10-13,16H2,1-2H3,(H,27,28,29). The van der Waals surface area contributed by atoms with Gasteiger partial charge in [-0.05, 0) is 37.4 Å². The Kier molecular flexibility index (Phi) is 6.84. The number of fused-ring (bicyclic) bond motifs is 1. The molecule has 0 saturated carbocycles. The molecule has 0 radical (unpaired) electrons. The number of nitro groups is 1. The lowest BCUT2D eigenvalue weighted by Crippen LogP contribution is -2.44. The van der Waals surface area contributed by atoms with Crippen molar-refractivity contribution in [3.05, 3.63) is 70.7 Å². The highest BCUT2D eigenvalue weighted by atomic mass is 19.1. The number of piperazine rings is 1. The minimum absolute atomic E-state index is 0.103. The van der Waals surface area contributed by atoms with Gasteiger partial charge in [0.2, 0.25) is 11.8 Å². The molecular weight excluding hydrogens is 481 g/mol. The quantitative estimate of drug-likeness (QED) is 0.274. The van der Waals surface area contributed by atoms with Gasteiger partial charge in [-0.3, -0.25) is 10.1 Å². The number of rotatable bonds is 8. The van der Waals surface area contributed by atoms with Crippen LogP contribution in [0.2, 0.25) is 0 Å². The zero-order valence-electron chi connectivity index (χ0n) is 20.4. The zero-order valence-corrected chi connectivity index (χ0v) is 20.4. The molecule has 11 nitrogen and oxygen atoms in total. The van der Waals surface area contributed by atoms with Gasteiger partial charge < -0.3 is 29.2 Å². The van der Waals surface area contributed by atoms with Crippen molar-refractivity contribution in [1.82, 2.24) is 19.4 Å². The smallest absolute Gasteiger partial charge is 0.273 e. The van der Waals surface area contributed by atoms with Crippen LogP contribution in [-0.4, -0.2) is 64.7 Å². The van der Waals surface area contributed by atoms with Crippen molar-refractivity contribution in [2.24, 2.45) is 0 Å². The van der Waals surface area contributed by atoms with E-state index < -0.39 is 4.92 Å². The number of likely N-dealkylation sites (N-methyl/N-ethyl adjacent to an activating group) is 1. The summed E-state index contributed by atoms with van der Waals surface area (Å²) in [6.07, 6.45) is 1.78. The summed E-state index contributed by atoms with van der Waals surface area (Å²) in [6.45, 7) is 3.51. The Morgan fingerprint density at radius 1 is 1.11 bits per heavy atom. The van der Waals surface area contributed by atoms with Gasteiger partial charge in [-0.15, -0.1) is 0 Å². The van der Waals surface area contributed by atoms with Gasteiger partial charge in [0.25, 0.3) is 5.69 Å². The van der Waals surface area contributed by atoms with E-state index in [2.05, 4.69) is 27.2 Å². The first kappa shape index (κ1) is 24.4. The van der Waals surface area contributed by atoms with Gasteiger partial charge in [0.1, 0.15) is 18.3 Å². The van der Waals surface area contributed by atoms with Crippen LogP contribution in [0.25, 0.3) is 11.0 Å². The molecule has 192 valence electrons. The summed E-state index contributed by atoms with van der Waals surface area (Å²) >= 11 is 0. The fourth-order valence-corrected chi connectivity index (χ4v) is 4.20. The van der Waals surface area contributed by atoms with Crippen LogP contribution in [0.5, 0.6) is 11.6 Å². The summed E-state index contributed by atoms with van der Waals surface area (Å²) in [4.78, 5) is 24.0. The average Bonchev–Trinajstić information content (AvgIpc) is 3.28. The molecule has 1 saturated heterocycles. The van der Waals surface area contributed by atoms with E-state index in [1.54, 1.807) is 42.1 Å². The number of hydrogen-bond acceptors (Lipinski definition) is 9. The van der Waals surface area contributed by atoms with Crippen LogP contribution in [0.1, 0.15) is 0 Å². The molecule has 37 heavy (non-hydrogen) atoms.